The first-order chi connectivity index (χ1) is 7.41. The highest BCUT2D eigenvalue weighted by atomic mass is 32.2. The molecule has 0 spiro atoms. The number of hydrogen-bond donors (Lipinski definition) is 2. The minimum atomic E-state index is -3.75. The van der Waals surface area contributed by atoms with Gasteiger partial charge in [-0.15, -0.1) is 0 Å². The normalized spacial score (nSPS) is 11.3. The van der Waals surface area contributed by atoms with Gasteiger partial charge in [0.1, 0.15) is 0 Å². The van der Waals surface area contributed by atoms with E-state index in [2.05, 4.69) is 4.72 Å². The number of aryl methyl sites for hydroxylation is 1. The Morgan fingerprint density at radius 1 is 1.38 bits per heavy atom. The zero-order valence-electron chi connectivity index (χ0n) is 8.80. The van der Waals surface area contributed by atoms with Crippen molar-refractivity contribution in [2.75, 3.05) is 5.75 Å². The Morgan fingerprint density at radius 3 is 2.56 bits per heavy atom. The zero-order chi connectivity index (χ0) is 12.2. The van der Waals surface area contributed by atoms with Crippen molar-refractivity contribution in [3.05, 3.63) is 35.4 Å². The molecule has 16 heavy (non-hydrogen) atoms. The van der Waals surface area contributed by atoms with Crippen molar-refractivity contribution >= 4 is 16.0 Å². The third-order valence-electron chi connectivity index (χ3n) is 2.06. The van der Waals surface area contributed by atoms with Crippen LogP contribution in [0.2, 0.25) is 0 Å². The molecular formula is C10H13NO4S. The Hall–Kier alpha value is -1.40. The fraction of sp³-hybridized carbons (Fsp3) is 0.300. The molecule has 0 fully saturated rings. The number of rotatable bonds is 5. The minimum absolute atomic E-state index is 0.113. The Kier molecular flexibility index (Phi) is 4.03. The number of carbonyl (C=O) groups is 1. The lowest BCUT2D eigenvalue weighted by atomic mass is 10.1. The number of hydrogen-bond acceptors (Lipinski definition) is 3. The van der Waals surface area contributed by atoms with Crippen molar-refractivity contribution in [3.8, 4) is 0 Å². The Labute approximate surface area is 94.2 Å². The van der Waals surface area contributed by atoms with Crippen LogP contribution in [0.15, 0.2) is 24.3 Å². The van der Waals surface area contributed by atoms with Gasteiger partial charge in [-0.3, -0.25) is 4.79 Å². The molecule has 0 amide bonds. The average molecular weight is 243 g/mol. The molecule has 0 saturated carbocycles. The molecule has 1 rings (SSSR count). The summed E-state index contributed by atoms with van der Waals surface area (Å²) in [5.41, 5.74) is 1.79. The fourth-order valence-corrected chi connectivity index (χ4v) is 2.01. The van der Waals surface area contributed by atoms with E-state index in [0.29, 0.717) is 0 Å². The molecule has 0 radical (unpaired) electrons. The maximum Gasteiger partial charge on any atom is 0.320 e. The highest BCUT2D eigenvalue weighted by Crippen LogP contribution is 2.06. The van der Waals surface area contributed by atoms with Gasteiger partial charge in [-0.1, -0.05) is 24.3 Å². The molecular weight excluding hydrogens is 230 g/mol. The van der Waals surface area contributed by atoms with Gasteiger partial charge in [-0.25, -0.2) is 13.1 Å². The van der Waals surface area contributed by atoms with E-state index in [4.69, 9.17) is 5.11 Å². The van der Waals surface area contributed by atoms with E-state index in [9.17, 15) is 13.2 Å². The van der Waals surface area contributed by atoms with E-state index >= 15 is 0 Å². The highest BCUT2D eigenvalue weighted by molar-refractivity contribution is 7.90. The predicted molar refractivity (Wildman–Crippen MR) is 59.4 cm³/mol. The number of benzene rings is 1. The standard InChI is InChI=1S/C10H13NO4S/c1-8-4-2-3-5-9(8)6-11-16(14,15)7-10(12)13/h2-5,11H,6-7H2,1H3,(H,12,13). The van der Waals surface area contributed by atoms with E-state index in [1.165, 1.54) is 0 Å². The molecule has 2 N–H and O–H groups in total. The second-order valence-corrected chi connectivity index (χ2v) is 5.21. The Morgan fingerprint density at radius 2 is 2.00 bits per heavy atom. The van der Waals surface area contributed by atoms with Crippen molar-refractivity contribution < 1.29 is 18.3 Å². The summed E-state index contributed by atoms with van der Waals surface area (Å²) < 4.78 is 24.7. The molecule has 0 bridgehead atoms. The van der Waals surface area contributed by atoms with Crippen molar-refractivity contribution in [1.29, 1.82) is 0 Å². The SMILES string of the molecule is Cc1ccccc1CNS(=O)(=O)CC(=O)O. The molecule has 1 aromatic carbocycles. The largest absolute Gasteiger partial charge is 0.480 e. The fourth-order valence-electron chi connectivity index (χ4n) is 1.21. The van der Waals surface area contributed by atoms with Crippen LogP contribution in [-0.4, -0.2) is 25.2 Å². The third kappa shape index (κ3) is 4.00. The summed E-state index contributed by atoms with van der Waals surface area (Å²) in [4.78, 5) is 10.3. The van der Waals surface area contributed by atoms with Gasteiger partial charge in [-0.2, -0.15) is 0 Å². The molecule has 0 aliphatic carbocycles. The number of sulfonamides is 1. The predicted octanol–water partition coefficient (Wildman–Crippen LogP) is 0.499. The summed E-state index contributed by atoms with van der Waals surface area (Å²) in [6.07, 6.45) is 0. The molecule has 1 aromatic rings. The quantitative estimate of drug-likeness (QED) is 0.788. The maximum absolute atomic E-state index is 11.2. The molecule has 0 atom stereocenters. The molecule has 0 aliphatic rings. The summed E-state index contributed by atoms with van der Waals surface area (Å²) >= 11 is 0. The van der Waals surface area contributed by atoms with Crippen LogP contribution in [0.5, 0.6) is 0 Å². The van der Waals surface area contributed by atoms with Crippen molar-refractivity contribution in [2.45, 2.75) is 13.5 Å². The number of nitrogens with one attached hydrogen (secondary N) is 1. The minimum Gasteiger partial charge on any atom is -0.480 e. The topological polar surface area (TPSA) is 83.5 Å². The van der Waals surface area contributed by atoms with Crippen LogP contribution in [0.4, 0.5) is 0 Å². The van der Waals surface area contributed by atoms with Crippen LogP contribution in [-0.2, 0) is 21.4 Å². The summed E-state index contributed by atoms with van der Waals surface area (Å²) in [6, 6.07) is 7.30. The molecule has 0 aliphatic heterocycles. The van der Waals surface area contributed by atoms with E-state index in [0.717, 1.165) is 11.1 Å². The van der Waals surface area contributed by atoms with Gasteiger partial charge in [0.15, 0.2) is 5.75 Å². The number of carboxylic acid groups (broad SMARTS) is 1. The van der Waals surface area contributed by atoms with Gasteiger partial charge in [-0.05, 0) is 18.1 Å². The Bertz CT molecular complexity index is 481. The van der Waals surface area contributed by atoms with E-state index < -0.39 is 21.7 Å². The van der Waals surface area contributed by atoms with Crippen LogP contribution >= 0.6 is 0 Å². The van der Waals surface area contributed by atoms with Gasteiger partial charge in [0.25, 0.3) is 0 Å². The van der Waals surface area contributed by atoms with Crippen molar-refractivity contribution in [1.82, 2.24) is 4.72 Å². The number of carboxylic acids is 1. The maximum atomic E-state index is 11.2. The van der Waals surface area contributed by atoms with E-state index in [-0.39, 0.29) is 6.54 Å². The first kappa shape index (κ1) is 12.7. The second-order valence-electron chi connectivity index (χ2n) is 3.40. The van der Waals surface area contributed by atoms with Crippen LogP contribution < -0.4 is 4.72 Å². The molecule has 0 aromatic heterocycles. The molecule has 0 heterocycles. The number of aliphatic carboxylic acids is 1. The zero-order valence-corrected chi connectivity index (χ0v) is 9.62. The molecule has 6 heteroatoms. The van der Waals surface area contributed by atoms with Gasteiger partial charge < -0.3 is 5.11 Å². The van der Waals surface area contributed by atoms with Gasteiger partial charge in [0.05, 0.1) is 0 Å². The monoisotopic (exact) mass is 243 g/mol. The molecule has 5 nitrogen and oxygen atoms in total. The van der Waals surface area contributed by atoms with Gasteiger partial charge >= 0.3 is 5.97 Å². The highest BCUT2D eigenvalue weighted by Gasteiger charge is 2.14. The van der Waals surface area contributed by atoms with Crippen molar-refractivity contribution in [2.24, 2.45) is 0 Å². The molecule has 0 saturated heterocycles. The van der Waals surface area contributed by atoms with Gasteiger partial charge in [0, 0.05) is 6.54 Å². The lowest BCUT2D eigenvalue weighted by Gasteiger charge is -2.06. The third-order valence-corrected chi connectivity index (χ3v) is 3.27. The average Bonchev–Trinajstić information content (AvgIpc) is 2.14. The molecule has 88 valence electrons. The summed E-state index contributed by atoms with van der Waals surface area (Å²) in [5, 5.41) is 8.38. The summed E-state index contributed by atoms with van der Waals surface area (Å²) in [6.45, 7) is 1.98. The lowest BCUT2D eigenvalue weighted by Crippen LogP contribution is -2.29. The second kappa shape index (κ2) is 5.09. The van der Waals surface area contributed by atoms with Crippen LogP contribution in [0.1, 0.15) is 11.1 Å². The van der Waals surface area contributed by atoms with Crippen LogP contribution in [0.3, 0.4) is 0 Å². The lowest BCUT2D eigenvalue weighted by molar-refractivity contribution is -0.134. The summed E-state index contributed by atoms with van der Waals surface area (Å²) in [5.74, 6) is -2.27. The summed E-state index contributed by atoms with van der Waals surface area (Å²) in [7, 11) is -3.75. The first-order valence-corrected chi connectivity index (χ1v) is 6.29. The van der Waals surface area contributed by atoms with Gasteiger partial charge in [0.2, 0.25) is 10.0 Å². The van der Waals surface area contributed by atoms with Crippen LogP contribution in [0.25, 0.3) is 0 Å². The molecule has 0 unspecified atom stereocenters. The Balaban J connectivity index is 2.65. The first-order valence-electron chi connectivity index (χ1n) is 4.64. The van der Waals surface area contributed by atoms with Crippen LogP contribution in [0, 0.1) is 6.92 Å². The van der Waals surface area contributed by atoms with Crippen molar-refractivity contribution in [3.63, 3.8) is 0 Å². The smallest absolute Gasteiger partial charge is 0.320 e. The van der Waals surface area contributed by atoms with E-state index in [1.807, 2.05) is 19.1 Å². The van der Waals surface area contributed by atoms with E-state index in [1.54, 1.807) is 12.1 Å².